The fraction of sp³-hybridized carbons (Fsp3) is 0.526. The molecule has 0 aliphatic carbocycles. The van der Waals surface area contributed by atoms with Gasteiger partial charge >= 0.3 is 5.92 Å². The number of alkyl halides is 2. The van der Waals surface area contributed by atoms with Gasteiger partial charge in [-0.2, -0.15) is 8.78 Å². The average Bonchev–Trinajstić information content (AvgIpc) is 2.52. The molecule has 1 nitrogen and oxygen atoms in total. The lowest BCUT2D eigenvalue weighted by Gasteiger charge is -2.08. The molecule has 126 valence electrons. The second kappa shape index (κ2) is 10.5. The molecule has 0 aromatic heterocycles. The highest BCUT2D eigenvalue weighted by molar-refractivity contribution is 9.10. The second-order valence-electron chi connectivity index (χ2n) is 5.66. The Bertz CT molecular complexity index is 541. The fourth-order valence-corrected chi connectivity index (χ4v) is 2.45. The maximum atomic E-state index is 13.7. The molecule has 0 saturated heterocycles. The van der Waals surface area contributed by atoms with Gasteiger partial charge in [-0.25, -0.2) is 0 Å². The highest BCUT2D eigenvalue weighted by atomic mass is 79.9. The first-order chi connectivity index (χ1) is 10.9. The molecule has 0 unspecified atom stereocenters. The minimum atomic E-state index is -3.09. The minimum absolute atomic E-state index is 0.276. The van der Waals surface area contributed by atoms with E-state index in [4.69, 9.17) is 0 Å². The van der Waals surface area contributed by atoms with Crippen LogP contribution in [0.5, 0.6) is 0 Å². The number of carbonyl (C=O) groups is 1. The zero-order valence-electron chi connectivity index (χ0n) is 13.5. The summed E-state index contributed by atoms with van der Waals surface area (Å²) in [5, 5.41) is 0. The maximum Gasteiger partial charge on any atom is 0.308 e. The molecule has 0 heterocycles. The van der Waals surface area contributed by atoms with Crippen LogP contribution in [-0.2, 0) is 0 Å². The number of halogens is 3. The van der Waals surface area contributed by atoms with Crippen molar-refractivity contribution in [3.63, 3.8) is 0 Å². The highest BCUT2D eigenvalue weighted by Gasteiger charge is 2.25. The number of Topliss-reactive ketones (excluding diaryl/α,β-unsaturated/α-hetero) is 1. The van der Waals surface area contributed by atoms with E-state index in [0.29, 0.717) is 12.0 Å². The summed E-state index contributed by atoms with van der Waals surface area (Å²) in [5.41, 5.74) is 0.326. The lowest BCUT2D eigenvalue weighted by atomic mass is 10.1. The monoisotopic (exact) mass is 384 g/mol. The third-order valence-electron chi connectivity index (χ3n) is 3.56. The SMILES string of the molecule is CCCCCCCCCC(F)(F)C#CC(=O)c1ccc(Br)cc1. The van der Waals surface area contributed by atoms with E-state index >= 15 is 0 Å². The van der Waals surface area contributed by atoms with Crippen LogP contribution in [0.1, 0.15) is 68.6 Å². The molecule has 0 amide bonds. The van der Waals surface area contributed by atoms with Crippen molar-refractivity contribution in [1.82, 2.24) is 0 Å². The maximum absolute atomic E-state index is 13.7. The van der Waals surface area contributed by atoms with Crippen molar-refractivity contribution >= 4 is 21.7 Å². The molecular weight excluding hydrogens is 362 g/mol. The van der Waals surface area contributed by atoms with Crippen molar-refractivity contribution in [2.75, 3.05) is 0 Å². The number of benzene rings is 1. The molecule has 4 heteroatoms. The molecule has 0 radical (unpaired) electrons. The van der Waals surface area contributed by atoms with E-state index in [1.165, 1.54) is 19.3 Å². The van der Waals surface area contributed by atoms with Crippen molar-refractivity contribution in [2.45, 2.75) is 64.2 Å². The quantitative estimate of drug-likeness (QED) is 0.208. The topological polar surface area (TPSA) is 17.1 Å². The predicted octanol–water partition coefficient (Wildman–Crippen LogP) is 6.41. The van der Waals surface area contributed by atoms with Crippen LogP contribution in [0.2, 0.25) is 0 Å². The smallest absolute Gasteiger partial charge is 0.279 e. The van der Waals surface area contributed by atoms with Crippen LogP contribution >= 0.6 is 15.9 Å². The van der Waals surface area contributed by atoms with E-state index in [1.807, 2.05) is 5.92 Å². The van der Waals surface area contributed by atoms with E-state index in [1.54, 1.807) is 24.3 Å². The molecule has 0 atom stereocenters. The summed E-state index contributed by atoms with van der Waals surface area (Å²) in [5.74, 6) is 0.250. The first-order valence-corrected chi connectivity index (χ1v) is 8.95. The molecule has 1 rings (SSSR count). The largest absolute Gasteiger partial charge is 0.308 e. The molecule has 0 aliphatic heterocycles. The van der Waals surface area contributed by atoms with Crippen LogP contribution in [0, 0.1) is 11.8 Å². The van der Waals surface area contributed by atoms with Gasteiger partial charge in [0.2, 0.25) is 5.78 Å². The molecule has 0 spiro atoms. The molecule has 1 aromatic rings. The second-order valence-corrected chi connectivity index (χ2v) is 6.58. The molecular formula is C19H23BrF2O. The van der Waals surface area contributed by atoms with Gasteiger partial charge in [-0.15, -0.1) is 0 Å². The molecule has 0 saturated carbocycles. The van der Waals surface area contributed by atoms with Gasteiger partial charge in [0.05, 0.1) is 0 Å². The first-order valence-electron chi connectivity index (χ1n) is 8.15. The van der Waals surface area contributed by atoms with Crippen LogP contribution in [0.25, 0.3) is 0 Å². The van der Waals surface area contributed by atoms with Crippen LogP contribution in [0.15, 0.2) is 28.7 Å². The highest BCUT2D eigenvalue weighted by Crippen LogP contribution is 2.21. The summed E-state index contributed by atoms with van der Waals surface area (Å²) >= 11 is 3.25. The molecule has 0 fully saturated rings. The summed E-state index contributed by atoms with van der Waals surface area (Å²) in [6.07, 6.45) is 6.62. The zero-order valence-corrected chi connectivity index (χ0v) is 15.1. The molecule has 0 bridgehead atoms. The standard InChI is InChI=1S/C19H23BrF2O/c1-2-3-4-5-6-7-8-14-19(21,22)15-13-18(23)16-9-11-17(20)12-10-16/h9-12H,2-8,14H2,1H3. The van der Waals surface area contributed by atoms with Gasteiger partial charge in [-0.3, -0.25) is 4.79 Å². The number of hydrogen-bond donors (Lipinski definition) is 0. The van der Waals surface area contributed by atoms with Crippen molar-refractivity contribution in [2.24, 2.45) is 0 Å². The summed E-state index contributed by atoms with van der Waals surface area (Å²) in [7, 11) is 0. The Morgan fingerprint density at radius 2 is 1.61 bits per heavy atom. The average molecular weight is 385 g/mol. The number of rotatable bonds is 9. The number of carbonyl (C=O) groups excluding carboxylic acids is 1. The Balaban J connectivity index is 2.37. The van der Waals surface area contributed by atoms with Gasteiger partial charge in [0.25, 0.3) is 0 Å². The van der Waals surface area contributed by atoms with E-state index in [9.17, 15) is 13.6 Å². The minimum Gasteiger partial charge on any atom is -0.279 e. The van der Waals surface area contributed by atoms with Crippen LogP contribution in [0.3, 0.4) is 0 Å². The van der Waals surface area contributed by atoms with Gasteiger partial charge in [0.15, 0.2) is 0 Å². The lowest BCUT2D eigenvalue weighted by molar-refractivity contribution is 0.0534. The Hall–Kier alpha value is -1.21. The molecule has 1 aromatic carbocycles. The van der Waals surface area contributed by atoms with Crippen molar-refractivity contribution < 1.29 is 13.6 Å². The van der Waals surface area contributed by atoms with Gasteiger partial charge in [0.1, 0.15) is 0 Å². The van der Waals surface area contributed by atoms with Crippen molar-refractivity contribution in [3.05, 3.63) is 34.3 Å². The Morgan fingerprint density at radius 1 is 1.04 bits per heavy atom. The summed E-state index contributed by atoms with van der Waals surface area (Å²) in [4.78, 5) is 11.8. The molecule has 23 heavy (non-hydrogen) atoms. The Labute approximate surface area is 146 Å². The van der Waals surface area contributed by atoms with E-state index < -0.39 is 11.7 Å². The van der Waals surface area contributed by atoms with Crippen LogP contribution < -0.4 is 0 Å². The van der Waals surface area contributed by atoms with E-state index in [-0.39, 0.29) is 6.42 Å². The predicted molar refractivity (Wildman–Crippen MR) is 93.8 cm³/mol. The zero-order chi connectivity index (χ0) is 17.1. The number of hydrogen-bond acceptors (Lipinski definition) is 1. The van der Waals surface area contributed by atoms with Crippen LogP contribution in [-0.4, -0.2) is 11.7 Å². The number of unbranched alkanes of at least 4 members (excludes halogenated alkanes) is 6. The normalized spacial score (nSPS) is 11.0. The van der Waals surface area contributed by atoms with Crippen molar-refractivity contribution in [1.29, 1.82) is 0 Å². The third kappa shape index (κ3) is 8.86. The van der Waals surface area contributed by atoms with Gasteiger partial charge in [-0.05, 0) is 42.5 Å². The third-order valence-corrected chi connectivity index (χ3v) is 4.09. The summed E-state index contributed by atoms with van der Waals surface area (Å²) < 4.78 is 28.1. The fourth-order valence-electron chi connectivity index (χ4n) is 2.19. The van der Waals surface area contributed by atoms with E-state index in [2.05, 4.69) is 28.8 Å². The summed E-state index contributed by atoms with van der Waals surface area (Å²) in [6, 6.07) is 6.50. The molecule has 0 aliphatic rings. The Kier molecular flexibility index (Phi) is 9.09. The molecule has 0 N–H and O–H groups in total. The van der Waals surface area contributed by atoms with Gasteiger partial charge < -0.3 is 0 Å². The first kappa shape index (κ1) is 19.8. The Morgan fingerprint density at radius 3 is 2.22 bits per heavy atom. The summed E-state index contributed by atoms with van der Waals surface area (Å²) in [6.45, 7) is 2.15. The van der Waals surface area contributed by atoms with E-state index in [0.717, 1.165) is 23.7 Å². The number of ketones is 1. The van der Waals surface area contributed by atoms with Gasteiger partial charge in [-0.1, -0.05) is 61.4 Å². The van der Waals surface area contributed by atoms with Crippen LogP contribution in [0.4, 0.5) is 8.78 Å². The van der Waals surface area contributed by atoms with Gasteiger partial charge in [0, 0.05) is 16.5 Å². The lowest BCUT2D eigenvalue weighted by Crippen LogP contribution is -2.13. The van der Waals surface area contributed by atoms with Crippen molar-refractivity contribution in [3.8, 4) is 11.8 Å².